The first-order valence-electron chi connectivity index (χ1n) is 4.07. The van der Waals surface area contributed by atoms with Crippen molar-refractivity contribution >= 4 is 5.78 Å². The highest BCUT2D eigenvalue weighted by Crippen LogP contribution is 2.24. The van der Waals surface area contributed by atoms with E-state index >= 15 is 0 Å². The van der Waals surface area contributed by atoms with Gasteiger partial charge in [0.05, 0.1) is 6.10 Å². The molecule has 3 nitrogen and oxygen atoms in total. The Balaban J connectivity index is 2.58. The van der Waals surface area contributed by atoms with Gasteiger partial charge in [0.15, 0.2) is 0 Å². The largest absolute Gasteiger partial charge is 0.391 e. The number of rotatable bonds is 1. The molecule has 0 bridgehead atoms. The lowest BCUT2D eigenvalue weighted by Crippen LogP contribution is -2.45. The SMILES string of the molecule is CC(=O)C1CCCC(N)C1O. The van der Waals surface area contributed by atoms with Gasteiger partial charge >= 0.3 is 0 Å². The lowest BCUT2D eigenvalue weighted by Gasteiger charge is -2.30. The molecule has 11 heavy (non-hydrogen) atoms. The van der Waals surface area contributed by atoms with Gasteiger partial charge in [0, 0.05) is 12.0 Å². The summed E-state index contributed by atoms with van der Waals surface area (Å²) in [6.45, 7) is 1.52. The number of carbonyl (C=O) groups excluding carboxylic acids is 1. The van der Waals surface area contributed by atoms with Crippen molar-refractivity contribution in [2.45, 2.75) is 38.3 Å². The van der Waals surface area contributed by atoms with Crippen molar-refractivity contribution in [1.29, 1.82) is 0 Å². The summed E-state index contributed by atoms with van der Waals surface area (Å²) in [4.78, 5) is 10.9. The summed E-state index contributed by atoms with van der Waals surface area (Å²) in [5.74, 6) is -0.147. The fraction of sp³-hybridized carbons (Fsp3) is 0.875. The maximum atomic E-state index is 10.9. The Morgan fingerprint density at radius 2 is 2.18 bits per heavy atom. The summed E-state index contributed by atoms with van der Waals surface area (Å²) in [5.41, 5.74) is 5.60. The number of nitrogens with two attached hydrogens (primary N) is 1. The average Bonchev–Trinajstić information content (AvgIpc) is 1.94. The predicted molar refractivity (Wildman–Crippen MR) is 42.0 cm³/mol. The van der Waals surface area contributed by atoms with E-state index in [9.17, 15) is 9.90 Å². The van der Waals surface area contributed by atoms with Crippen LogP contribution in [0.2, 0.25) is 0 Å². The first-order valence-corrected chi connectivity index (χ1v) is 4.07. The Kier molecular flexibility index (Phi) is 2.62. The zero-order chi connectivity index (χ0) is 8.43. The monoisotopic (exact) mass is 157 g/mol. The molecule has 0 aromatic heterocycles. The molecule has 3 unspecified atom stereocenters. The Bertz CT molecular complexity index is 158. The Morgan fingerprint density at radius 3 is 2.64 bits per heavy atom. The van der Waals surface area contributed by atoms with E-state index in [0.717, 1.165) is 19.3 Å². The van der Waals surface area contributed by atoms with Crippen LogP contribution in [-0.4, -0.2) is 23.0 Å². The number of carbonyl (C=O) groups is 1. The van der Waals surface area contributed by atoms with E-state index in [0.29, 0.717) is 0 Å². The first-order chi connectivity index (χ1) is 5.13. The van der Waals surface area contributed by atoms with Crippen LogP contribution >= 0.6 is 0 Å². The summed E-state index contributed by atoms with van der Waals surface area (Å²) in [6.07, 6.45) is 1.98. The van der Waals surface area contributed by atoms with Gasteiger partial charge in [-0.3, -0.25) is 4.79 Å². The van der Waals surface area contributed by atoms with Crippen molar-refractivity contribution in [2.75, 3.05) is 0 Å². The molecule has 0 radical (unpaired) electrons. The number of hydrogen-bond donors (Lipinski definition) is 2. The molecule has 0 aromatic rings. The van der Waals surface area contributed by atoms with Crippen LogP contribution < -0.4 is 5.73 Å². The third-order valence-electron chi connectivity index (χ3n) is 2.43. The van der Waals surface area contributed by atoms with E-state index in [1.54, 1.807) is 0 Å². The summed E-state index contributed by atoms with van der Waals surface area (Å²) in [5, 5.41) is 9.46. The van der Waals surface area contributed by atoms with Crippen LogP contribution in [-0.2, 0) is 4.79 Å². The number of aliphatic hydroxyl groups excluding tert-OH is 1. The maximum absolute atomic E-state index is 10.9. The Morgan fingerprint density at radius 1 is 1.55 bits per heavy atom. The molecule has 0 aliphatic heterocycles. The molecule has 1 aliphatic carbocycles. The van der Waals surface area contributed by atoms with Crippen molar-refractivity contribution in [3.63, 3.8) is 0 Å². The molecule has 1 aliphatic rings. The lowest BCUT2D eigenvalue weighted by atomic mass is 9.81. The second kappa shape index (κ2) is 3.32. The summed E-state index contributed by atoms with van der Waals surface area (Å²) in [7, 11) is 0. The van der Waals surface area contributed by atoms with Gasteiger partial charge in [0.1, 0.15) is 5.78 Å². The smallest absolute Gasteiger partial charge is 0.135 e. The van der Waals surface area contributed by atoms with Crippen LogP contribution in [0.5, 0.6) is 0 Å². The van der Waals surface area contributed by atoms with Crippen LogP contribution in [0.1, 0.15) is 26.2 Å². The van der Waals surface area contributed by atoms with E-state index in [1.165, 1.54) is 6.92 Å². The molecule has 3 atom stereocenters. The molecular formula is C8H15NO2. The van der Waals surface area contributed by atoms with Gasteiger partial charge in [-0.05, 0) is 19.8 Å². The summed E-state index contributed by atoms with van der Waals surface area (Å²) < 4.78 is 0. The molecule has 1 saturated carbocycles. The van der Waals surface area contributed by atoms with E-state index < -0.39 is 6.10 Å². The van der Waals surface area contributed by atoms with Gasteiger partial charge in [-0.25, -0.2) is 0 Å². The molecule has 0 spiro atoms. The zero-order valence-electron chi connectivity index (χ0n) is 6.79. The molecule has 0 amide bonds. The fourth-order valence-corrected chi connectivity index (χ4v) is 1.66. The molecule has 1 rings (SSSR count). The third kappa shape index (κ3) is 1.79. The van der Waals surface area contributed by atoms with Gasteiger partial charge in [-0.15, -0.1) is 0 Å². The highest BCUT2D eigenvalue weighted by Gasteiger charge is 2.31. The molecule has 3 N–H and O–H groups in total. The van der Waals surface area contributed by atoms with Crippen molar-refractivity contribution in [2.24, 2.45) is 11.7 Å². The standard InChI is InChI=1S/C8H15NO2/c1-5(10)6-3-2-4-7(9)8(6)11/h6-8,11H,2-4,9H2,1H3. The highest BCUT2D eigenvalue weighted by atomic mass is 16.3. The average molecular weight is 157 g/mol. The molecule has 64 valence electrons. The van der Waals surface area contributed by atoms with Crippen LogP contribution in [0.15, 0.2) is 0 Å². The molecule has 0 saturated heterocycles. The predicted octanol–water partition coefficient (Wildman–Crippen LogP) is 0.0637. The molecule has 3 heteroatoms. The quantitative estimate of drug-likeness (QED) is 0.566. The maximum Gasteiger partial charge on any atom is 0.135 e. The van der Waals surface area contributed by atoms with Crippen LogP contribution in [0.25, 0.3) is 0 Å². The number of Topliss-reactive ketones (excluding diaryl/α,β-unsaturated/α-hetero) is 1. The number of aliphatic hydroxyl groups is 1. The number of hydrogen-bond acceptors (Lipinski definition) is 3. The van der Waals surface area contributed by atoms with Gasteiger partial charge in [-0.1, -0.05) is 6.42 Å². The van der Waals surface area contributed by atoms with Crippen LogP contribution in [0.4, 0.5) is 0 Å². The lowest BCUT2D eigenvalue weighted by molar-refractivity contribution is -0.126. The summed E-state index contributed by atoms with van der Waals surface area (Å²) in [6, 6.07) is -0.197. The van der Waals surface area contributed by atoms with Gasteiger partial charge < -0.3 is 10.8 Å². The van der Waals surface area contributed by atoms with Gasteiger partial charge in [0.2, 0.25) is 0 Å². The Hall–Kier alpha value is -0.410. The van der Waals surface area contributed by atoms with Crippen molar-refractivity contribution in [1.82, 2.24) is 0 Å². The molecular weight excluding hydrogens is 142 g/mol. The zero-order valence-corrected chi connectivity index (χ0v) is 6.79. The topological polar surface area (TPSA) is 63.3 Å². The first kappa shape index (κ1) is 8.68. The van der Waals surface area contributed by atoms with Crippen LogP contribution in [0.3, 0.4) is 0 Å². The third-order valence-corrected chi connectivity index (χ3v) is 2.43. The minimum absolute atomic E-state index is 0.0626. The minimum Gasteiger partial charge on any atom is -0.391 e. The molecule has 1 fully saturated rings. The fourth-order valence-electron chi connectivity index (χ4n) is 1.66. The normalized spacial score (nSPS) is 38.6. The van der Waals surface area contributed by atoms with E-state index in [2.05, 4.69) is 0 Å². The van der Waals surface area contributed by atoms with Crippen molar-refractivity contribution in [3.8, 4) is 0 Å². The van der Waals surface area contributed by atoms with Crippen LogP contribution in [0, 0.1) is 5.92 Å². The van der Waals surface area contributed by atoms with E-state index in [-0.39, 0.29) is 17.7 Å². The van der Waals surface area contributed by atoms with E-state index in [4.69, 9.17) is 5.73 Å². The molecule has 0 heterocycles. The van der Waals surface area contributed by atoms with Gasteiger partial charge in [-0.2, -0.15) is 0 Å². The molecule has 0 aromatic carbocycles. The Labute approximate surface area is 66.6 Å². The number of ketones is 1. The van der Waals surface area contributed by atoms with Gasteiger partial charge in [0.25, 0.3) is 0 Å². The van der Waals surface area contributed by atoms with E-state index in [1.807, 2.05) is 0 Å². The minimum atomic E-state index is -0.610. The second-order valence-corrected chi connectivity index (χ2v) is 3.30. The highest BCUT2D eigenvalue weighted by molar-refractivity contribution is 5.79. The van der Waals surface area contributed by atoms with Crippen molar-refractivity contribution < 1.29 is 9.90 Å². The second-order valence-electron chi connectivity index (χ2n) is 3.30. The van der Waals surface area contributed by atoms with Crippen molar-refractivity contribution in [3.05, 3.63) is 0 Å². The summed E-state index contributed by atoms with van der Waals surface area (Å²) >= 11 is 0.